The molecule has 0 saturated heterocycles. The van der Waals surface area contributed by atoms with Crippen molar-refractivity contribution in [2.24, 2.45) is 0 Å². The summed E-state index contributed by atoms with van der Waals surface area (Å²) < 4.78 is 25.7. The lowest BCUT2D eigenvalue weighted by Crippen LogP contribution is -2.28. The summed E-state index contributed by atoms with van der Waals surface area (Å²) >= 11 is 0. The summed E-state index contributed by atoms with van der Waals surface area (Å²) in [4.78, 5) is 28.0. The van der Waals surface area contributed by atoms with E-state index in [0.717, 1.165) is 5.56 Å². The number of hydrogen-bond acceptors (Lipinski definition) is 5. The summed E-state index contributed by atoms with van der Waals surface area (Å²) in [6, 6.07) is 14.8. The first-order valence-electron chi connectivity index (χ1n) is 9.57. The minimum Gasteiger partial charge on any atom is -0.352 e. The molecule has 3 aromatic rings. The Bertz CT molecular complexity index is 1150. The molecule has 9 heteroatoms. The predicted octanol–water partition coefficient (Wildman–Crippen LogP) is 2.99. The second-order valence-corrected chi connectivity index (χ2v) is 8.53. The van der Waals surface area contributed by atoms with E-state index in [1.165, 1.54) is 48.5 Å². The Balaban J connectivity index is 1.64. The lowest BCUT2D eigenvalue weighted by molar-refractivity contribution is 0.0955. The fourth-order valence-corrected chi connectivity index (χ4v) is 4.02. The lowest BCUT2D eigenvalue weighted by atomic mass is 10.2. The topological polar surface area (TPSA) is 117 Å². The Morgan fingerprint density at radius 2 is 1.55 bits per heavy atom. The zero-order valence-electron chi connectivity index (χ0n) is 16.8. The first-order valence-corrected chi connectivity index (χ1v) is 11.1. The fourth-order valence-electron chi connectivity index (χ4n) is 2.76. The minimum atomic E-state index is -3.75. The number of anilines is 1. The van der Waals surface area contributed by atoms with Crippen molar-refractivity contribution in [3.8, 4) is 0 Å². The van der Waals surface area contributed by atoms with Gasteiger partial charge < -0.3 is 16.0 Å². The molecule has 3 amide bonds. The average Bonchev–Trinajstić information content (AvgIpc) is 2.79. The first kappa shape index (κ1) is 22.0. The molecule has 0 spiro atoms. The molecule has 0 bridgehead atoms. The second kappa shape index (κ2) is 9.86. The van der Waals surface area contributed by atoms with Gasteiger partial charge in [0.1, 0.15) is 0 Å². The van der Waals surface area contributed by atoms with E-state index in [0.29, 0.717) is 24.3 Å². The van der Waals surface area contributed by atoms with Gasteiger partial charge in [-0.1, -0.05) is 6.07 Å². The van der Waals surface area contributed by atoms with Crippen molar-refractivity contribution in [1.82, 2.24) is 15.6 Å². The largest absolute Gasteiger partial charge is 0.352 e. The number of sulfone groups is 1. The number of aromatic nitrogens is 1. The molecule has 3 N–H and O–H groups in total. The molecule has 0 saturated carbocycles. The van der Waals surface area contributed by atoms with Gasteiger partial charge in [0.05, 0.1) is 9.79 Å². The van der Waals surface area contributed by atoms with Crippen LogP contribution in [0.2, 0.25) is 0 Å². The second-order valence-electron chi connectivity index (χ2n) is 6.58. The van der Waals surface area contributed by atoms with Gasteiger partial charge >= 0.3 is 6.03 Å². The van der Waals surface area contributed by atoms with Crippen LogP contribution in [0.5, 0.6) is 0 Å². The van der Waals surface area contributed by atoms with Crippen LogP contribution in [0.25, 0.3) is 0 Å². The highest BCUT2D eigenvalue weighted by molar-refractivity contribution is 7.91. The number of rotatable bonds is 7. The number of urea groups is 1. The summed E-state index contributed by atoms with van der Waals surface area (Å²) in [5, 5.41) is 8.01. The van der Waals surface area contributed by atoms with E-state index in [-0.39, 0.29) is 15.7 Å². The highest BCUT2D eigenvalue weighted by atomic mass is 32.2. The minimum absolute atomic E-state index is 0.0791. The molecule has 0 aliphatic heterocycles. The molecule has 0 fully saturated rings. The molecule has 0 unspecified atom stereocenters. The molecule has 1 aromatic heterocycles. The summed E-state index contributed by atoms with van der Waals surface area (Å²) in [7, 11) is -3.75. The van der Waals surface area contributed by atoms with Crippen molar-refractivity contribution in [2.75, 3.05) is 11.9 Å². The summed E-state index contributed by atoms with van der Waals surface area (Å²) in [5.74, 6) is -0.260. The Hall–Kier alpha value is -3.72. The van der Waals surface area contributed by atoms with E-state index in [4.69, 9.17) is 0 Å². The molecule has 160 valence electrons. The van der Waals surface area contributed by atoms with Gasteiger partial charge in [0.25, 0.3) is 5.91 Å². The standard InChI is InChI=1S/C22H22N4O4S/c1-2-24-21(27)17-5-9-19(10-6-17)31(29,30)20-11-7-18(8-12-20)26-22(28)25-15-16-4-3-13-23-14-16/h3-14H,2,15H2,1H3,(H,24,27)(H2,25,26,28). The highest BCUT2D eigenvalue weighted by Crippen LogP contribution is 2.22. The number of hydrogen-bond donors (Lipinski definition) is 3. The average molecular weight is 439 g/mol. The molecule has 8 nitrogen and oxygen atoms in total. The maximum absolute atomic E-state index is 12.8. The first-order chi connectivity index (χ1) is 14.9. The van der Waals surface area contributed by atoms with Gasteiger partial charge in [-0.2, -0.15) is 0 Å². The quantitative estimate of drug-likeness (QED) is 0.524. The van der Waals surface area contributed by atoms with E-state index in [1.807, 2.05) is 6.07 Å². The van der Waals surface area contributed by atoms with E-state index in [1.54, 1.807) is 25.4 Å². The third kappa shape index (κ3) is 5.67. The number of carbonyl (C=O) groups is 2. The number of carbonyl (C=O) groups excluding carboxylic acids is 2. The zero-order chi connectivity index (χ0) is 22.3. The zero-order valence-corrected chi connectivity index (χ0v) is 17.6. The van der Waals surface area contributed by atoms with Crippen LogP contribution in [-0.4, -0.2) is 31.9 Å². The van der Waals surface area contributed by atoms with Crippen molar-refractivity contribution in [3.05, 3.63) is 84.2 Å². The van der Waals surface area contributed by atoms with Crippen molar-refractivity contribution in [3.63, 3.8) is 0 Å². The van der Waals surface area contributed by atoms with Crippen LogP contribution < -0.4 is 16.0 Å². The Morgan fingerprint density at radius 1 is 0.903 bits per heavy atom. The van der Waals surface area contributed by atoms with E-state index < -0.39 is 15.9 Å². The molecule has 0 aliphatic carbocycles. The summed E-state index contributed by atoms with van der Waals surface area (Å²) in [6.07, 6.45) is 3.30. The monoisotopic (exact) mass is 438 g/mol. The Morgan fingerprint density at radius 3 is 2.13 bits per heavy atom. The van der Waals surface area contributed by atoms with Gasteiger partial charge in [-0.25, -0.2) is 13.2 Å². The van der Waals surface area contributed by atoms with Gasteiger partial charge in [0.2, 0.25) is 9.84 Å². The molecular weight excluding hydrogens is 416 g/mol. The molecule has 1 heterocycles. The summed E-state index contributed by atoms with van der Waals surface area (Å²) in [5.41, 5.74) is 1.70. The van der Waals surface area contributed by atoms with Gasteiger partial charge in [0, 0.05) is 36.7 Å². The maximum Gasteiger partial charge on any atom is 0.319 e. The normalized spacial score (nSPS) is 10.9. The number of nitrogens with one attached hydrogen (secondary N) is 3. The maximum atomic E-state index is 12.8. The molecule has 2 aromatic carbocycles. The highest BCUT2D eigenvalue weighted by Gasteiger charge is 2.18. The van der Waals surface area contributed by atoms with Crippen LogP contribution in [0.4, 0.5) is 10.5 Å². The van der Waals surface area contributed by atoms with Crippen LogP contribution in [-0.2, 0) is 16.4 Å². The number of nitrogens with zero attached hydrogens (tertiary/aromatic N) is 1. The van der Waals surface area contributed by atoms with E-state index in [9.17, 15) is 18.0 Å². The SMILES string of the molecule is CCNC(=O)c1ccc(S(=O)(=O)c2ccc(NC(=O)NCc3cccnc3)cc2)cc1. The van der Waals surface area contributed by atoms with Crippen LogP contribution in [0, 0.1) is 0 Å². The van der Waals surface area contributed by atoms with Crippen LogP contribution in [0.3, 0.4) is 0 Å². The van der Waals surface area contributed by atoms with Crippen molar-refractivity contribution in [2.45, 2.75) is 23.3 Å². The predicted molar refractivity (Wildman–Crippen MR) is 116 cm³/mol. The third-order valence-electron chi connectivity index (χ3n) is 4.36. The smallest absolute Gasteiger partial charge is 0.319 e. The summed E-state index contributed by atoms with van der Waals surface area (Å²) in [6.45, 7) is 2.61. The van der Waals surface area contributed by atoms with Gasteiger partial charge in [-0.05, 0) is 67.1 Å². The van der Waals surface area contributed by atoms with Crippen LogP contribution in [0.1, 0.15) is 22.8 Å². The molecule has 0 radical (unpaired) electrons. The Labute approximate surface area is 180 Å². The van der Waals surface area contributed by atoms with Gasteiger partial charge in [0.15, 0.2) is 0 Å². The molecule has 31 heavy (non-hydrogen) atoms. The van der Waals surface area contributed by atoms with Crippen molar-refractivity contribution in [1.29, 1.82) is 0 Å². The number of benzene rings is 2. The van der Waals surface area contributed by atoms with Crippen molar-refractivity contribution < 1.29 is 18.0 Å². The van der Waals surface area contributed by atoms with Crippen LogP contribution >= 0.6 is 0 Å². The number of amides is 3. The van der Waals surface area contributed by atoms with Crippen molar-refractivity contribution >= 4 is 27.5 Å². The molecule has 0 atom stereocenters. The van der Waals surface area contributed by atoms with Gasteiger partial charge in [-0.3, -0.25) is 9.78 Å². The molecular formula is C22H22N4O4S. The number of pyridine rings is 1. The molecule has 0 aliphatic rings. The van der Waals surface area contributed by atoms with E-state index in [2.05, 4.69) is 20.9 Å². The van der Waals surface area contributed by atoms with Crippen LogP contribution in [0.15, 0.2) is 82.8 Å². The van der Waals surface area contributed by atoms with Gasteiger partial charge in [-0.15, -0.1) is 0 Å². The Kier molecular flexibility index (Phi) is 6.99. The molecule has 3 rings (SSSR count). The lowest BCUT2D eigenvalue weighted by Gasteiger charge is -2.09. The van der Waals surface area contributed by atoms with E-state index >= 15 is 0 Å². The fraction of sp³-hybridized carbons (Fsp3) is 0.136. The third-order valence-corrected chi connectivity index (χ3v) is 6.15.